The van der Waals surface area contributed by atoms with Gasteiger partial charge in [0.2, 0.25) is 0 Å². The van der Waals surface area contributed by atoms with Crippen LogP contribution in [0.5, 0.6) is 11.5 Å². The summed E-state index contributed by atoms with van der Waals surface area (Å²) in [6.07, 6.45) is 1.44. The van der Waals surface area contributed by atoms with Crippen molar-refractivity contribution >= 4 is 16.9 Å². The lowest BCUT2D eigenvalue weighted by atomic mass is 9.97. The molecular formula is C19H17NO4. The van der Waals surface area contributed by atoms with Crippen LogP contribution in [0, 0.1) is 6.92 Å². The number of nitrogens with one attached hydrogen (secondary N) is 1. The van der Waals surface area contributed by atoms with Crippen LogP contribution < -0.4 is 9.47 Å². The number of carbonyl (C=O) groups is 1. The van der Waals surface area contributed by atoms with Gasteiger partial charge < -0.3 is 19.2 Å². The maximum absolute atomic E-state index is 12.5. The van der Waals surface area contributed by atoms with Crippen LogP contribution >= 0.6 is 0 Å². The van der Waals surface area contributed by atoms with Crippen molar-refractivity contribution < 1.29 is 19.0 Å². The predicted molar refractivity (Wildman–Crippen MR) is 89.8 cm³/mol. The van der Waals surface area contributed by atoms with E-state index < -0.39 is 12.1 Å². The molecule has 24 heavy (non-hydrogen) atoms. The molecule has 0 spiro atoms. The minimum Gasteiger partial charge on any atom is -0.493 e. The molecule has 1 unspecified atom stereocenters. The van der Waals surface area contributed by atoms with E-state index in [0.29, 0.717) is 17.1 Å². The zero-order valence-electron chi connectivity index (χ0n) is 13.7. The van der Waals surface area contributed by atoms with E-state index in [1.165, 1.54) is 7.11 Å². The van der Waals surface area contributed by atoms with Crippen LogP contribution in [-0.2, 0) is 4.74 Å². The van der Waals surface area contributed by atoms with Gasteiger partial charge in [-0.1, -0.05) is 17.7 Å². The van der Waals surface area contributed by atoms with Gasteiger partial charge in [0.05, 0.1) is 14.2 Å². The minimum absolute atomic E-state index is 0.396. The number of aryl methyl sites for hydroxylation is 1. The molecule has 0 bridgehead atoms. The molecule has 0 fully saturated rings. The van der Waals surface area contributed by atoms with Crippen molar-refractivity contribution in [3.63, 3.8) is 0 Å². The van der Waals surface area contributed by atoms with Gasteiger partial charge in [0.1, 0.15) is 5.56 Å². The van der Waals surface area contributed by atoms with Gasteiger partial charge >= 0.3 is 5.97 Å². The maximum Gasteiger partial charge on any atom is 0.343 e. The average Bonchev–Trinajstić information content (AvgIpc) is 3.14. The van der Waals surface area contributed by atoms with Crippen LogP contribution in [-0.4, -0.2) is 25.2 Å². The normalized spacial score (nSPS) is 16.1. The Bertz CT molecular complexity index is 957. The second kappa shape index (κ2) is 5.30. The Morgan fingerprint density at radius 1 is 1.08 bits per heavy atom. The highest BCUT2D eigenvalue weighted by Gasteiger charge is 2.37. The first-order chi connectivity index (χ1) is 11.6. The number of hydrogen-bond acceptors (Lipinski definition) is 4. The molecule has 1 atom stereocenters. The van der Waals surface area contributed by atoms with Gasteiger partial charge in [-0.15, -0.1) is 0 Å². The van der Waals surface area contributed by atoms with Gasteiger partial charge in [-0.25, -0.2) is 4.79 Å². The lowest BCUT2D eigenvalue weighted by Crippen LogP contribution is -2.00. The van der Waals surface area contributed by atoms with Crippen molar-refractivity contribution in [3.8, 4) is 11.5 Å². The third kappa shape index (κ3) is 1.98. The third-order valence-electron chi connectivity index (χ3n) is 4.44. The fourth-order valence-electron chi connectivity index (χ4n) is 3.30. The van der Waals surface area contributed by atoms with Crippen molar-refractivity contribution in [2.24, 2.45) is 0 Å². The number of carbonyl (C=O) groups excluding carboxylic acids is 1. The summed E-state index contributed by atoms with van der Waals surface area (Å²) < 4.78 is 16.3. The molecule has 4 rings (SSSR count). The van der Waals surface area contributed by atoms with Gasteiger partial charge in [-0.2, -0.15) is 0 Å². The number of ether oxygens (including phenoxy) is 3. The lowest BCUT2D eigenvalue weighted by molar-refractivity contribution is 0.0456. The van der Waals surface area contributed by atoms with Crippen LogP contribution in [0.4, 0.5) is 0 Å². The summed E-state index contributed by atoms with van der Waals surface area (Å²) >= 11 is 0. The van der Waals surface area contributed by atoms with Gasteiger partial charge in [0.15, 0.2) is 17.6 Å². The Labute approximate surface area is 139 Å². The molecule has 1 N–H and O–H groups in total. The molecule has 1 aliphatic rings. The zero-order chi connectivity index (χ0) is 16.8. The molecule has 0 amide bonds. The number of rotatable bonds is 3. The number of methoxy groups -OCH3 is 2. The SMILES string of the molecule is COc1ccc2c(c1OC)C(=O)OC2c1c[nH]c2ccc(C)cc12. The van der Waals surface area contributed by atoms with Crippen LogP contribution in [0.15, 0.2) is 36.5 Å². The number of aromatic nitrogens is 1. The molecular weight excluding hydrogens is 306 g/mol. The number of hydrogen-bond donors (Lipinski definition) is 1. The standard InChI is InChI=1S/C19H17NO4/c1-10-4-6-14-12(8-10)13(9-20-14)17-11-5-7-15(22-2)18(23-3)16(11)19(21)24-17/h4-9,17,20H,1-3H3. The first-order valence-corrected chi connectivity index (χ1v) is 7.67. The molecule has 5 nitrogen and oxygen atoms in total. The molecule has 0 radical (unpaired) electrons. The fraction of sp³-hybridized carbons (Fsp3) is 0.211. The quantitative estimate of drug-likeness (QED) is 0.746. The second-order valence-corrected chi connectivity index (χ2v) is 5.84. The maximum atomic E-state index is 12.5. The molecule has 2 heterocycles. The molecule has 5 heteroatoms. The van der Waals surface area contributed by atoms with E-state index in [-0.39, 0.29) is 0 Å². The summed E-state index contributed by atoms with van der Waals surface area (Å²) in [6.45, 7) is 2.04. The molecule has 3 aromatic rings. The molecule has 2 aromatic carbocycles. The van der Waals surface area contributed by atoms with Gasteiger partial charge in [-0.3, -0.25) is 0 Å². The van der Waals surface area contributed by atoms with Crippen molar-refractivity contribution in [2.75, 3.05) is 14.2 Å². The van der Waals surface area contributed by atoms with Gasteiger partial charge in [-0.05, 0) is 25.1 Å². The number of H-pyrrole nitrogens is 1. The van der Waals surface area contributed by atoms with Crippen molar-refractivity contribution in [1.29, 1.82) is 0 Å². The van der Waals surface area contributed by atoms with Crippen molar-refractivity contribution in [1.82, 2.24) is 4.98 Å². The topological polar surface area (TPSA) is 60.6 Å². The number of aromatic amines is 1. The van der Waals surface area contributed by atoms with E-state index in [9.17, 15) is 4.79 Å². The number of fused-ring (bicyclic) bond motifs is 2. The Morgan fingerprint density at radius 3 is 2.67 bits per heavy atom. The first kappa shape index (κ1) is 14.6. The van der Waals surface area contributed by atoms with E-state index in [1.807, 2.05) is 31.3 Å². The molecule has 0 saturated carbocycles. The lowest BCUT2D eigenvalue weighted by Gasteiger charge is -2.12. The molecule has 1 aliphatic heterocycles. The summed E-state index contributed by atoms with van der Waals surface area (Å²) in [7, 11) is 3.07. The summed E-state index contributed by atoms with van der Waals surface area (Å²) in [6, 6.07) is 9.83. The Balaban J connectivity index is 1.91. The van der Waals surface area contributed by atoms with E-state index in [1.54, 1.807) is 13.2 Å². The number of cyclic esters (lactones) is 1. The number of esters is 1. The molecule has 122 valence electrons. The Morgan fingerprint density at radius 2 is 1.92 bits per heavy atom. The minimum atomic E-state index is -0.456. The van der Waals surface area contributed by atoms with E-state index in [2.05, 4.69) is 11.1 Å². The van der Waals surface area contributed by atoms with Crippen LogP contribution in [0.2, 0.25) is 0 Å². The van der Waals surface area contributed by atoms with E-state index in [0.717, 1.165) is 27.6 Å². The summed E-state index contributed by atoms with van der Waals surface area (Å²) in [4.78, 5) is 15.7. The predicted octanol–water partition coefficient (Wildman–Crippen LogP) is 3.75. The molecule has 1 aromatic heterocycles. The van der Waals surface area contributed by atoms with Crippen LogP contribution in [0.1, 0.15) is 33.2 Å². The Hall–Kier alpha value is -2.95. The average molecular weight is 323 g/mol. The zero-order valence-corrected chi connectivity index (χ0v) is 13.7. The highest BCUT2D eigenvalue weighted by molar-refractivity contribution is 5.99. The monoisotopic (exact) mass is 323 g/mol. The second-order valence-electron chi connectivity index (χ2n) is 5.84. The summed E-state index contributed by atoms with van der Waals surface area (Å²) in [5.74, 6) is 0.537. The smallest absolute Gasteiger partial charge is 0.343 e. The van der Waals surface area contributed by atoms with Gasteiger partial charge in [0.25, 0.3) is 0 Å². The summed E-state index contributed by atoms with van der Waals surface area (Å²) in [5, 5.41) is 1.05. The number of benzene rings is 2. The first-order valence-electron chi connectivity index (χ1n) is 7.67. The fourth-order valence-corrected chi connectivity index (χ4v) is 3.30. The Kier molecular flexibility index (Phi) is 3.23. The van der Waals surface area contributed by atoms with E-state index >= 15 is 0 Å². The van der Waals surface area contributed by atoms with Crippen LogP contribution in [0.3, 0.4) is 0 Å². The highest BCUT2D eigenvalue weighted by atomic mass is 16.6. The van der Waals surface area contributed by atoms with Crippen molar-refractivity contribution in [2.45, 2.75) is 13.0 Å². The molecule has 0 saturated heterocycles. The van der Waals surface area contributed by atoms with Crippen molar-refractivity contribution in [3.05, 3.63) is 58.8 Å². The molecule has 0 aliphatic carbocycles. The summed E-state index contributed by atoms with van der Waals surface area (Å²) in [5.41, 5.74) is 4.33. The largest absolute Gasteiger partial charge is 0.493 e. The highest BCUT2D eigenvalue weighted by Crippen LogP contribution is 2.45. The van der Waals surface area contributed by atoms with E-state index in [4.69, 9.17) is 14.2 Å². The third-order valence-corrected chi connectivity index (χ3v) is 4.44. The van der Waals surface area contributed by atoms with Crippen LogP contribution in [0.25, 0.3) is 10.9 Å². The van der Waals surface area contributed by atoms with Gasteiger partial charge in [0, 0.05) is 28.2 Å².